The Morgan fingerprint density at radius 2 is 1.90 bits per heavy atom. The number of rotatable bonds is 3. The molecule has 0 amide bonds. The van der Waals surface area contributed by atoms with Crippen molar-refractivity contribution >= 4 is 16.6 Å². The van der Waals surface area contributed by atoms with Crippen molar-refractivity contribution < 1.29 is 0 Å². The first kappa shape index (κ1) is 12.6. The Bertz CT molecular complexity index is 723. The normalized spacial score (nSPS) is 12.3. The van der Waals surface area contributed by atoms with Crippen LogP contribution in [0, 0.1) is 6.92 Å². The third-order valence-corrected chi connectivity index (χ3v) is 3.36. The molecule has 0 radical (unpaired) electrons. The molecule has 1 atom stereocenters. The average molecular weight is 263 g/mol. The predicted octanol–water partition coefficient (Wildman–Crippen LogP) is 4.11. The van der Waals surface area contributed by atoms with E-state index in [1.54, 1.807) is 0 Å². The Balaban J connectivity index is 1.97. The highest BCUT2D eigenvalue weighted by molar-refractivity contribution is 5.90. The molecular formula is C17H17N3. The van der Waals surface area contributed by atoms with E-state index in [9.17, 15) is 0 Å². The van der Waals surface area contributed by atoms with Gasteiger partial charge in [0.1, 0.15) is 0 Å². The maximum atomic E-state index is 4.64. The summed E-state index contributed by atoms with van der Waals surface area (Å²) >= 11 is 0. The SMILES string of the molecule is Cc1ccc2cccc(NC(C)c3ccccn3)c2n1. The molecule has 0 bridgehead atoms. The van der Waals surface area contributed by atoms with Gasteiger partial charge in [-0.3, -0.25) is 9.97 Å². The van der Waals surface area contributed by atoms with Crippen LogP contribution in [0.5, 0.6) is 0 Å². The fourth-order valence-corrected chi connectivity index (χ4v) is 2.30. The Labute approximate surface area is 118 Å². The minimum absolute atomic E-state index is 0.143. The van der Waals surface area contributed by atoms with Gasteiger partial charge in [0.15, 0.2) is 0 Å². The minimum Gasteiger partial charge on any atom is -0.375 e. The zero-order valence-corrected chi connectivity index (χ0v) is 11.7. The molecule has 3 rings (SSSR count). The van der Waals surface area contributed by atoms with Crippen LogP contribution in [0.1, 0.15) is 24.4 Å². The number of nitrogens with one attached hydrogen (secondary N) is 1. The zero-order valence-electron chi connectivity index (χ0n) is 11.7. The number of para-hydroxylation sites is 1. The standard InChI is InChI=1S/C17H17N3/c1-12-9-10-14-6-5-8-16(17(14)19-12)20-13(2)15-7-3-4-11-18-15/h3-11,13,20H,1-2H3. The molecule has 1 N–H and O–H groups in total. The molecule has 3 nitrogen and oxygen atoms in total. The summed E-state index contributed by atoms with van der Waals surface area (Å²) in [6.45, 7) is 4.12. The molecule has 20 heavy (non-hydrogen) atoms. The maximum absolute atomic E-state index is 4.64. The highest BCUT2D eigenvalue weighted by Gasteiger charge is 2.09. The number of aryl methyl sites for hydroxylation is 1. The number of pyridine rings is 2. The van der Waals surface area contributed by atoms with E-state index in [2.05, 4.69) is 40.4 Å². The van der Waals surface area contributed by atoms with Gasteiger partial charge >= 0.3 is 0 Å². The number of hydrogen-bond donors (Lipinski definition) is 1. The van der Waals surface area contributed by atoms with Crippen molar-refractivity contribution in [1.82, 2.24) is 9.97 Å². The van der Waals surface area contributed by atoms with Gasteiger partial charge in [0.05, 0.1) is 22.9 Å². The molecule has 3 heteroatoms. The van der Waals surface area contributed by atoms with E-state index >= 15 is 0 Å². The van der Waals surface area contributed by atoms with E-state index in [0.29, 0.717) is 0 Å². The smallest absolute Gasteiger partial charge is 0.0936 e. The van der Waals surface area contributed by atoms with Gasteiger partial charge in [-0.05, 0) is 38.1 Å². The molecule has 1 unspecified atom stereocenters. The predicted molar refractivity (Wildman–Crippen MR) is 82.8 cm³/mol. The lowest BCUT2D eigenvalue weighted by molar-refractivity contribution is 0.840. The number of anilines is 1. The van der Waals surface area contributed by atoms with Crippen LogP contribution in [-0.4, -0.2) is 9.97 Å². The second kappa shape index (κ2) is 5.29. The van der Waals surface area contributed by atoms with Crippen LogP contribution in [0.2, 0.25) is 0 Å². The third kappa shape index (κ3) is 2.48. The van der Waals surface area contributed by atoms with Crippen molar-refractivity contribution in [2.24, 2.45) is 0 Å². The van der Waals surface area contributed by atoms with Crippen LogP contribution in [0.4, 0.5) is 5.69 Å². The van der Waals surface area contributed by atoms with Gasteiger partial charge in [-0.1, -0.05) is 24.3 Å². The van der Waals surface area contributed by atoms with Crippen LogP contribution < -0.4 is 5.32 Å². The Morgan fingerprint density at radius 3 is 2.70 bits per heavy atom. The van der Waals surface area contributed by atoms with Crippen LogP contribution in [-0.2, 0) is 0 Å². The van der Waals surface area contributed by atoms with Gasteiger partial charge in [-0.15, -0.1) is 0 Å². The average Bonchev–Trinajstić information content (AvgIpc) is 2.49. The number of benzene rings is 1. The van der Waals surface area contributed by atoms with Gasteiger partial charge in [0.25, 0.3) is 0 Å². The van der Waals surface area contributed by atoms with Gasteiger partial charge in [0, 0.05) is 17.3 Å². The van der Waals surface area contributed by atoms with E-state index in [1.807, 2.05) is 43.5 Å². The lowest BCUT2D eigenvalue weighted by Gasteiger charge is -2.16. The molecule has 2 heterocycles. The molecule has 0 aliphatic carbocycles. The number of fused-ring (bicyclic) bond motifs is 1. The fourth-order valence-electron chi connectivity index (χ4n) is 2.30. The first-order chi connectivity index (χ1) is 9.74. The van der Waals surface area contributed by atoms with Crippen LogP contribution in [0.3, 0.4) is 0 Å². The van der Waals surface area contributed by atoms with Crippen molar-refractivity contribution in [2.45, 2.75) is 19.9 Å². The molecule has 0 aliphatic rings. The summed E-state index contributed by atoms with van der Waals surface area (Å²) in [7, 11) is 0. The van der Waals surface area contributed by atoms with E-state index < -0.39 is 0 Å². The molecule has 1 aromatic carbocycles. The zero-order chi connectivity index (χ0) is 13.9. The second-order valence-corrected chi connectivity index (χ2v) is 4.95. The molecule has 0 saturated carbocycles. The van der Waals surface area contributed by atoms with Crippen molar-refractivity contribution in [1.29, 1.82) is 0 Å². The van der Waals surface area contributed by atoms with Crippen molar-refractivity contribution in [3.8, 4) is 0 Å². The highest BCUT2D eigenvalue weighted by atomic mass is 15.0. The van der Waals surface area contributed by atoms with Gasteiger partial charge < -0.3 is 5.32 Å². The van der Waals surface area contributed by atoms with E-state index in [0.717, 1.165) is 28.0 Å². The van der Waals surface area contributed by atoms with Crippen LogP contribution >= 0.6 is 0 Å². The van der Waals surface area contributed by atoms with Crippen LogP contribution in [0.25, 0.3) is 10.9 Å². The Kier molecular flexibility index (Phi) is 3.33. The number of nitrogens with zero attached hydrogens (tertiary/aromatic N) is 2. The Hall–Kier alpha value is -2.42. The van der Waals surface area contributed by atoms with Crippen molar-refractivity contribution in [2.75, 3.05) is 5.32 Å². The summed E-state index contributed by atoms with van der Waals surface area (Å²) in [5, 5.41) is 4.65. The van der Waals surface area contributed by atoms with E-state index in [1.165, 1.54) is 0 Å². The first-order valence-electron chi connectivity index (χ1n) is 6.78. The summed E-state index contributed by atoms with van der Waals surface area (Å²) < 4.78 is 0. The molecule has 100 valence electrons. The van der Waals surface area contributed by atoms with Crippen molar-refractivity contribution in [3.05, 3.63) is 66.1 Å². The van der Waals surface area contributed by atoms with Gasteiger partial charge in [-0.25, -0.2) is 0 Å². The molecule has 0 spiro atoms. The summed E-state index contributed by atoms with van der Waals surface area (Å²) in [5.41, 5.74) is 4.11. The van der Waals surface area contributed by atoms with Crippen molar-refractivity contribution in [3.63, 3.8) is 0 Å². The quantitative estimate of drug-likeness (QED) is 0.772. The first-order valence-corrected chi connectivity index (χ1v) is 6.78. The largest absolute Gasteiger partial charge is 0.375 e. The van der Waals surface area contributed by atoms with Gasteiger partial charge in [-0.2, -0.15) is 0 Å². The van der Waals surface area contributed by atoms with Crippen LogP contribution in [0.15, 0.2) is 54.7 Å². The molecule has 2 aromatic heterocycles. The summed E-state index contributed by atoms with van der Waals surface area (Å²) in [5.74, 6) is 0. The topological polar surface area (TPSA) is 37.8 Å². The highest BCUT2D eigenvalue weighted by Crippen LogP contribution is 2.25. The summed E-state index contributed by atoms with van der Waals surface area (Å²) in [6.07, 6.45) is 1.82. The molecule has 0 saturated heterocycles. The maximum Gasteiger partial charge on any atom is 0.0936 e. The van der Waals surface area contributed by atoms with E-state index in [4.69, 9.17) is 0 Å². The summed E-state index contributed by atoms with van der Waals surface area (Å²) in [6, 6.07) is 16.4. The van der Waals surface area contributed by atoms with E-state index in [-0.39, 0.29) is 6.04 Å². The molecule has 0 aliphatic heterocycles. The molecule has 3 aromatic rings. The molecule has 0 fully saturated rings. The number of aromatic nitrogens is 2. The minimum atomic E-state index is 0.143. The van der Waals surface area contributed by atoms with Gasteiger partial charge in [0.2, 0.25) is 0 Å². The Morgan fingerprint density at radius 1 is 1.00 bits per heavy atom. The lowest BCUT2D eigenvalue weighted by atomic mass is 10.1. The third-order valence-electron chi connectivity index (χ3n) is 3.36. The summed E-state index contributed by atoms with van der Waals surface area (Å²) in [4.78, 5) is 9.03. The molecular weight excluding hydrogens is 246 g/mol. The monoisotopic (exact) mass is 263 g/mol. The fraction of sp³-hybridized carbons (Fsp3) is 0.176. The lowest BCUT2D eigenvalue weighted by Crippen LogP contribution is -2.08. The number of hydrogen-bond acceptors (Lipinski definition) is 3. The second-order valence-electron chi connectivity index (χ2n) is 4.95.